The molecule has 0 amide bonds. The Labute approximate surface area is 74.5 Å². The summed E-state index contributed by atoms with van der Waals surface area (Å²) in [6.45, 7) is 3.41. The quantitative estimate of drug-likeness (QED) is 0.568. The second-order valence-corrected chi connectivity index (χ2v) is 3.93. The van der Waals surface area contributed by atoms with E-state index in [1.54, 1.807) is 13.8 Å². The van der Waals surface area contributed by atoms with Crippen LogP contribution in [0.4, 0.5) is 0 Å². The van der Waals surface area contributed by atoms with Crippen molar-refractivity contribution < 1.29 is 14.9 Å². The van der Waals surface area contributed by atoms with E-state index in [1.165, 1.54) is 11.3 Å². The predicted octanol–water partition coefficient (Wildman–Crippen LogP) is 2.04. The molecule has 3 nitrogen and oxygen atoms in total. The highest BCUT2D eigenvalue weighted by Gasteiger charge is 2.32. The van der Waals surface area contributed by atoms with E-state index in [9.17, 15) is 4.79 Å². The van der Waals surface area contributed by atoms with Crippen LogP contribution in [0.1, 0.15) is 18.7 Å². The standard InChI is InChI=1S/C8H10O3S/c1-8(2,7(9)11-10)6-4-3-5-12-6/h3-5,10H,1-2H3. The molecule has 0 bridgehead atoms. The molecule has 0 radical (unpaired) electrons. The van der Waals surface area contributed by atoms with Crippen LogP contribution in [0.5, 0.6) is 0 Å². The monoisotopic (exact) mass is 186 g/mol. The van der Waals surface area contributed by atoms with Crippen LogP contribution >= 0.6 is 11.3 Å². The van der Waals surface area contributed by atoms with Gasteiger partial charge in [0, 0.05) is 4.88 Å². The highest BCUT2D eigenvalue weighted by Crippen LogP contribution is 2.28. The minimum absolute atomic E-state index is 0.634. The smallest absolute Gasteiger partial charge is 0.300 e. The lowest BCUT2D eigenvalue weighted by molar-refractivity contribution is -0.239. The largest absolute Gasteiger partial charge is 0.352 e. The number of carbonyl (C=O) groups is 1. The maximum atomic E-state index is 11.1. The molecule has 1 aromatic rings. The van der Waals surface area contributed by atoms with E-state index in [4.69, 9.17) is 5.26 Å². The summed E-state index contributed by atoms with van der Waals surface area (Å²) in [5.41, 5.74) is -0.761. The number of rotatable bonds is 2. The van der Waals surface area contributed by atoms with E-state index in [1.807, 2.05) is 17.5 Å². The van der Waals surface area contributed by atoms with Gasteiger partial charge in [-0.15, -0.1) is 11.3 Å². The highest BCUT2D eigenvalue weighted by molar-refractivity contribution is 7.10. The van der Waals surface area contributed by atoms with Gasteiger partial charge in [0.2, 0.25) is 0 Å². The van der Waals surface area contributed by atoms with Crippen LogP contribution in [0.3, 0.4) is 0 Å². The van der Waals surface area contributed by atoms with Gasteiger partial charge >= 0.3 is 5.97 Å². The van der Waals surface area contributed by atoms with Gasteiger partial charge in [0.05, 0.1) is 5.41 Å². The van der Waals surface area contributed by atoms with Crippen LogP contribution in [0.15, 0.2) is 17.5 Å². The molecular weight excluding hydrogens is 176 g/mol. The van der Waals surface area contributed by atoms with Gasteiger partial charge in [-0.25, -0.2) is 4.79 Å². The molecule has 0 unspecified atom stereocenters. The third-order valence-electron chi connectivity index (χ3n) is 1.73. The van der Waals surface area contributed by atoms with E-state index < -0.39 is 11.4 Å². The van der Waals surface area contributed by atoms with E-state index in [2.05, 4.69) is 4.89 Å². The SMILES string of the molecule is CC(C)(C(=O)OO)c1cccs1. The molecule has 0 atom stereocenters. The summed E-state index contributed by atoms with van der Waals surface area (Å²) in [5, 5.41) is 10.1. The first kappa shape index (κ1) is 9.22. The molecule has 0 saturated carbocycles. The van der Waals surface area contributed by atoms with E-state index in [-0.39, 0.29) is 0 Å². The van der Waals surface area contributed by atoms with Gasteiger partial charge in [0.15, 0.2) is 0 Å². The second-order valence-electron chi connectivity index (χ2n) is 2.98. The van der Waals surface area contributed by atoms with Crippen molar-refractivity contribution in [1.29, 1.82) is 0 Å². The average molecular weight is 186 g/mol. The molecule has 1 heterocycles. The molecule has 1 rings (SSSR count). The summed E-state index contributed by atoms with van der Waals surface area (Å²) in [4.78, 5) is 15.6. The summed E-state index contributed by atoms with van der Waals surface area (Å²) in [5.74, 6) is -0.634. The molecule has 0 aromatic carbocycles. The predicted molar refractivity (Wildman–Crippen MR) is 46.1 cm³/mol. The summed E-state index contributed by atoms with van der Waals surface area (Å²) < 4.78 is 0. The van der Waals surface area contributed by atoms with Gasteiger partial charge in [-0.1, -0.05) is 6.07 Å². The van der Waals surface area contributed by atoms with Gasteiger partial charge in [-0.3, -0.25) is 0 Å². The van der Waals surface area contributed by atoms with Crippen LogP contribution in [-0.4, -0.2) is 11.2 Å². The fourth-order valence-electron chi connectivity index (χ4n) is 0.849. The maximum absolute atomic E-state index is 11.1. The lowest BCUT2D eigenvalue weighted by atomic mass is 9.92. The molecule has 0 aliphatic rings. The zero-order chi connectivity index (χ0) is 9.19. The minimum atomic E-state index is -0.761. The maximum Gasteiger partial charge on any atom is 0.352 e. The van der Waals surface area contributed by atoms with Crippen molar-refractivity contribution in [3.63, 3.8) is 0 Å². The Kier molecular flexibility index (Phi) is 2.49. The molecule has 0 aliphatic heterocycles. The van der Waals surface area contributed by atoms with Gasteiger partial charge in [-0.2, -0.15) is 5.26 Å². The molecular formula is C8H10O3S. The fraction of sp³-hybridized carbons (Fsp3) is 0.375. The van der Waals surface area contributed by atoms with E-state index in [0.717, 1.165) is 4.88 Å². The Morgan fingerprint density at radius 3 is 2.75 bits per heavy atom. The molecule has 1 N–H and O–H groups in total. The average Bonchev–Trinajstić information content (AvgIpc) is 2.55. The molecule has 66 valence electrons. The molecule has 12 heavy (non-hydrogen) atoms. The topological polar surface area (TPSA) is 46.5 Å². The Bertz CT molecular complexity index is 264. The number of carbonyl (C=O) groups excluding carboxylic acids is 1. The van der Waals surface area contributed by atoms with Crippen molar-refractivity contribution in [2.45, 2.75) is 19.3 Å². The summed E-state index contributed by atoms with van der Waals surface area (Å²) in [6.07, 6.45) is 0. The van der Waals surface area contributed by atoms with Crippen LogP contribution in [0, 0.1) is 0 Å². The molecule has 0 saturated heterocycles. The van der Waals surface area contributed by atoms with Crippen molar-refractivity contribution >= 4 is 17.3 Å². The Morgan fingerprint density at radius 1 is 1.67 bits per heavy atom. The second kappa shape index (κ2) is 3.25. The molecule has 0 fully saturated rings. The normalized spacial score (nSPS) is 11.2. The number of hydrogen-bond acceptors (Lipinski definition) is 4. The van der Waals surface area contributed by atoms with Crippen LogP contribution in [0.25, 0.3) is 0 Å². The van der Waals surface area contributed by atoms with Crippen molar-refractivity contribution in [2.24, 2.45) is 0 Å². The lowest BCUT2D eigenvalue weighted by Crippen LogP contribution is -2.29. The first-order valence-corrected chi connectivity index (χ1v) is 4.37. The van der Waals surface area contributed by atoms with Crippen molar-refractivity contribution in [3.05, 3.63) is 22.4 Å². The first-order chi connectivity index (χ1) is 5.59. The van der Waals surface area contributed by atoms with Crippen LogP contribution in [0.2, 0.25) is 0 Å². The van der Waals surface area contributed by atoms with Crippen LogP contribution in [-0.2, 0) is 15.1 Å². The Morgan fingerprint density at radius 2 is 2.33 bits per heavy atom. The molecule has 0 spiro atoms. The summed E-state index contributed by atoms with van der Waals surface area (Å²) in [6, 6.07) is 3.69. The lowest BCUT2D eigenvalue weighted by Gasteiger charge is -2.17. The Balaban J connectivity index is 2.93. The third kappa shape index (κ3) is 1.49. The fourth-order valence-corrected chi connectivity index (χ4v) is 1.69. The third-order valence-corrected chi connectivity index (χ3v) is 2.92. The van der Waals surface area contributed by atoms with Gasteiger partial charge in [-0.05, 0) is 25.3 Å². The first-order valence-electron chi connectivity index (χ1n) is 3.49. The number of hydrogen-bond donors (Lipinski definition) is 1. The minimum Gasteiger partial charge on any atom is -0.300 e. The zero-order valence-corrected chi connectivity index (χ0v) is 7.72. The van der Waals surface area contributed by atoms with Crippen molar-refractivity contribution in [2.75, 3.05) is 0 Å². The molecule has 0 aliphatic carbocycles. The highest BCUT2D eigenvalue weighted by atomic mass is 32.1. The summed E-state index contributed by atoms with van der Waals surface area (Å²) >= 11 is 1.46. The van der Waals surface area contributed by atoms with Gasteiger partial charge in [0.25, 0.3) is 0 Å². The molecule has 1 aromatic heterocycles. The summed E-state index contributed by atoms with van der Waals surface area (Å²) in [7, 11) is 0. The Hall–Kier alpha value is -0.870. The van der Waals surface area contributed by atoms with E-state index >= 15 is 0 Å². The van der Waals surface area contributed by atoms with Crippen molar-refractivity contribution in [3.8, 4) is 0 Å². The van der Waals surface area contributed by atoms with Gasteiger partial charge in [0.1, 0.15) is 0 Å². The van der Waals surface area contributed by atoms with Crippen molar-refractivity contribution in [1.82, 2.24) is 0 Å². The number of thiophene rings is 1. The molecule has 4 heteroatoms. The van der Waals surface area contributed by atoms with E-state index in [0.29, 0.717) is 0 Å². The zero-order valence-electron chi connectivity index (χ0n) is 6.90. The van der Waals surface area contributed by atoms with Crippen LogP contribution < -0.4 is 0 Å². The van der Waals surface area contributed by atoms with Gasteiger partial charge < -0.3 is 4.89 Å².